The molecule has 0 saturated heterocycles. The van der Waals surface area contributed by atoms with Crippen molar-refractivity contribution in [1.29, 1.82) is 0 Å². The quantitative estimate of drug-likeness (QED) is 0.416. The Morgan fingerprint density at radius 3 is 2.22 bits per heavy atom. The maximum absolute atomic E-state index is 13.2. The smallest absolute Gasteiger partial charge is 0.241 e. The summed E-state index contributed by atoms with van der Waals surface area (Å²) >= 11 is 0. The monoisotopic (exact) mass is 508 g/mol. The minimum Gasteiger partial charge on any atom is -0.487 e. The first-order valence-corrected chi connectivity index (χ1v) is 14.0. The van der Waals surface area contributed by atoms with Crippen molar-refractivity contribution in [1.82, 2.24) is 5.32 Å². The Morgan fingerprint density at radius 2 is 1.58 bits per heavy atom. The van der Waals surface area contributed by atoms with Gasteiger partial charge < -0.3 is 14.8 Å². The molecule has 0 radical (unpaired) electrons. The third-order valence-corrected chi connectivity index (χ3v) is 7.75. The molecule has 3 aromatic carbocycles. The van der Waals surface area contributed by atoms with Crippen molar-refractivity contribution < 1.29 is 22.7 Å². The second-order valence-corrected chi connectivity index (χ2v) is 10.9. The van der Waals surface area contributed by atoms with Crippen molar-refractivity contribution in [2.75, 3.05) is 17.1 Å². The number of nitrogens with one attached hydrogen (secondary N) is 1. The lowest BCUT2D eigenvalue weighted by Crippen LogP contribution is -2.47. The standard InChI is InChI=1S/C28H32N2O5S/c1-4-28(5-2)19-25(24-13-9-10-14-26(24)35-28)29-27(31)20-30(36(3,32)33)21-15-17-23(18-16-21)34-22-11-7-6-8-12-22/h6-18,25H,4-5,19-20H2,1-3H3,(H,29,31). The number of hydrogen-bond donors (Lipinski definition) is 1. The van der Waals surface area contributed by atoms with Crippen molar-refractivity contribution in [3.8, 4) is 17.2 Å². The van der Waals surface area contributed by atoms with Crippen molar-refractivity contribution in [3.63, 3.8) is 0 Å². The first kappa shape index (κ1) is 25.6. The Balaban J connectivity index is 1.51. The maximum Gasteiger partial charge on any atom is 0.241 e. The predicted octanol–water partition coefficient (Wildman–Crippen LogP) is 5.44. The van der Waals surface area contributed by atoms with E-state index in [1.807, 2.05) is 54.6 Å². The van der Waals surface area contributed by atoms with Crippen LogP contribution in [0.2, 0.25) is 0 Å². The molecule has 1 atom stereocenters. The van der Waals surface area contributed by atoms with Gasteiger partial charge in [0.2, 0.25) is 15.9 Å². The van der Waals surface area contributed by atoms with Crippen molar-refractivity contribution in [2.45, 2.75) is 44.8 Å². The average molecular weight is 509 g/mol. The molecular weight excluding hydrogens is 476 g/mol. The molecule has 0 bridgehead atoms. The summed E-state index contributed by atoms with van der Waals surface area (Å²) in [5, 5.41) is 3.07. The normalized spacial score (nSPS) is 16.4. The summed E-state index contributed by atoms with van der Waals surface area (Å²) in [6.45, 7) is 3.82. The highest BCUT2D eigenvalue weighted by Crippen LogP contribution is 2.42. The summed E-state index contributed by atoms with van der Waals surface area (Å²) in [4.78, 5) is 13.2. The minimum atomic E-state index is -3.71. The summed E-state index contributed by atoms with van der Waals surface area (Å²) < 4.78 is 38.5. The van der Waals surface area contributed by atoms with Crippen LogP contribution in [0.5, 0.6) is 17.2 Å². The number of anilines is 1. The predicted molar refractivity (Wildman–Crippen MR) is 141 cm³/mol. The van der Waals surface area contributed by atoms with Crippen LogP contribution in [0, 0.1) is 0 Å². The van der Waals surface area contributed by atoms with Gasteiger partial charge in [-0.15, -0.1) is 0 Å². The fourth-order valence-electron chi connectivity index (χ4n) is 4.51. The van der Waals surface area contributed by atoms with Crippen LogP contribution in [0.25, 0.3) is 0 Å². The summed E-state index contributed by atoms with van der Waals surface area (Å²) in [7, 11) is -3.71. The fraction of sp³-hybridized carbons (Fsp3) is 0.321. The van der Waals surface area contributed by atoms with Crippen LogP contribution in [-0.2, 0) is 14.8 Å². The van der Waals surface area contributed by atoms with Gasteiger partial charge in [0.15, 0.2) is 0 Å². The van der Waals surface area contributed by atoms with Crippen LogP contribution in [-0.4, -0.2) is 32.7 Å². The van der Waals surface area contributed by atoms with E-state index in [0.29, 0.717) is 23.6 Å². The molecule has 8 heteroatoms. The number of amides is 1. The topological polar surface area (TPSA) is 84.9 Å². The Morgan fingerprint density at radius 1 is 0.972 bits per heavy atom. The summed E-state index contributed by atoms with van der Waals surface area (Å²) in [5.41, 5.74) is 0.908. The molecule has 190 valence electrons. The van der Waals surface area contributed by atoms with Crippen LogP contribution in [0.1, 0.15) is 44.7 Å². The Hall–Kier alpha value is -3.52. The number of sulfonamides is 1. The summed E-state index contributed by atoms with van der Waals surface area (Å²) in [5.74, 6) is 1.62. The highest BCUT2D eigenvalue weighted by Gasteiger charge is 2.39. The van der Waals surface area contributed by atoms with Crippen LogP contribution in [0.15, 0.2) is 78.9 Å². The van der Waals surface area contributed by atoms with Crippen LogP contribution < -0.4 is 19.1 Å². The van der Waals surface area contributed by atoms with Gasteiger partial charge in [-0.3, -0.25) is 9.10 Å². The highest BCUT2D eigenvalue weighted by atomic mass is 32.2. The Bertz CT molecular complexity index is 1290. The van der Waals surface area contributed by atoms with Gasteiger partial charge >= 0.3 is 0 Å². The van der Waals surface area contributed by atoms with E-state index in [1.165, 1.54) is 0 Å². The number of ether oxygens (including phenoxy) is 2. The molecule has 3 aromatic rings. The van der Waals surface area contributed by atoms with Gasteiger partial charge in [0.1, 0.15) is 29.4 Å². The second-order valence-electron chi connectivity index (χ2n) is 9.03. The number of carbonyl (C=O) groups excluding carboxylic acids is 1. The third-order valence-electron chi connectivity index (χ3n) is 6.61. The van der Waals surface area contributed by atoms with Crippen molar-refractivity contribution in [2.24, 2.45) is 0 Å². The lowest BCUT2D eigenvalue weighted by molar-refractivity contribution is -0.121. The van der Waals surface area contributed by atoms with Gasteiger partial charge in [-0.05, 0) is 55.3 Å². The van der Waals surface area contributed by atoms with Gasteiger partial charge in [-0.25, -0.2) is 8.42 Å². The van der Waals surface area contributed by atoms with E-state index >= 15 is 0 Å². The molecular formula is C28H32N2O5S. The Labute approximate surface area is 213 Å². The first-order valence-electron chi connectivity index (χ1n) is 12.1. The number of rotatable bonds is 9. The highest BCUT2D eigenvalue weighted by molar-refractivity contribution is 7.92. The SMILES string of the molecule is CCC1(CC)CC(NC(=O)CN(c2ccc(Oc3ccccc3)cc2)S(C)(=O)=O)c2ccccc2O1. The first-order chi connectivity index (χ1) is 17.2. The van der Waals surface area contributed by atoms with Crippen molar-refractivity contribution in [3.05, 3.63) is 84.4 Å². The lowest BCUT2D eigenvalue weighted by Gasteiger charge is -2.41. The maximum atomic E-state index is 13.2. The molecule has 1 unspecified atom stereocenters. The third kappa shape index (κ3) is 5.82. The van der Waals surface area contributed by atoms with Gasteiger partial charge in [-0.2, -0.15) is 0 Å². The van der Waals surface area contributed by atoms with Gasteiger partial charge in [-0.1, -0.05) is 50.2 Å². The molecule has 1 amide bonds. The van der Waals surface area contributed by atoms with Gasteiger partial charge in [0.05, 0.1) is 18.0 Å². The van der Waals surface area contributed by atoms with E-state index in [-0.39, 0.29) is 24.1 Å². The number of nitrogens with zero attached hydrogens (tertiary/aromatic N) is 1. The van der Waals surface area contributed by atoms with E-state index in [4.69, 9.17) is 9.47 Å². The molecule has 7 nitrogen and oxygen atoms in total. The van der Waals surface area contributed by atoms with Gasteiger partial charge in [0.25, 0.3) is 0 Å². The minimum absolute atomic E-state index is 0.273. The summed E-state index contributed by atoms with van der Waals surface area (Å²) in [6, 6.07) is 23.3. The van der Waals surface area contributed by atoms with E-state index in [1.54, 1.807) is 24.3 Å². The molecule has 0 fully saturated rings. The zero-order chi connectivity index (χ0) is 25.8. The molecule has 36 heavy (non-hydrogen) atoms. The molecule has 1 heterocycles. The summed E-state index contributed by atoms with van der Waals surface area (Å²) in [6.07, 6.45) is 3.32. The molecule has 0 aromatic heterocycles. The molecule has 0 spiro atoms. The van der Waals surface area contributed by atoms with Crippen molar-refractivity contribution >= 4 is 21.6 Å². The van der Waals surface area contributed by atoms with E-state index in [9.17, 15) is 13.2 Å². The zero-order valence-corrected chi connectivity index (χ0v) is 21.6. The second kappa shape index (κ2) is 10.6. The number of hydrogen-bond acceptors (Lipinski definition) is 5. The zero-order valence-electron chi connectivity index (χ0n) is 20.8. The van der Waals surface area contributed by atoms with E-state index in [2.05, 4.69) is 19.2 Å². The Kier molecular flexibility index (Phi) is 7.54. The number of fused-ring (bicyclic) bond motifs is 1. The molecule has 4 rings (SSSR count). The molecule has 0 aliphatic carbocycles. The number of para-hydroxylation sites is 2. The van der Waals surface area contributed by atoms with Crippen LogP contribution in [0.4, 0.5) is 5.69 Å². The van der Waals surface area contributed by atoms with Crippen LogP contribution in [0.3, 0.4) is 0 Å². The largest absolute Gasteiger partial charge is 0.487 e. The van der Waals surface area contributed by atoms with E-state index in [0.717, 1.165) is 34.7 Å². The number of carbonyl (C=O) groups is 1. The van der Waals surface area contributed by atoms with E-state index < -0.39 is 10.0 Å². The van der Waals surface area contributed by atoms with Gasteiger partial charge in [0, 0.05) is 12.0 Å². The van der Waals surface area contributed by atoms with Crippen LogP contribution >= 0.6 is 0 Å². The average Bonchev–Trinajstić information content (AvgIpc) is 2.88. The molecule has 0 saturated carbocycles. The lowest BCUT2D eigenvalue weighted by atomic mass is 9.83. The molecule has 1 aliphatic rings. The number of benzene rings is 3. The molecule has 1 aliphatic heterocycles. The molecule has 1 N–H and O–H groups in total. The fourth-order valence-corrected chi connectivity index (χ4v) is 5.36.